The first-order valence-corrected chi connectivity index (χ1v) is 9.57. The maximum atomic E-state index is 12.4. The largest absolute Gasteiger partial charge is 0.469 e. The fourth-order valence-electron chi connectivity index (χ4n) is 1.74. The summed E-state index contributed by atoms with van der Waals surface area (Å²) in [6.07, 6.45) is 1.04. The quantitative estimate of drug-likeness (QED) is 0.747. The topological polar surface area (TPSA) is 94.6 Å². The van der Waals surface area contributed by atoms with E-state index in [2.05, 4.69) is 4.74 Å². The lowest BCUT2D eigenvalue weighted by atomic mass is 10.1. The molecule has 0 fully saturated rings. The molecule has 0 radical (unpaired) electrons. The Labute approximate surface area is 125 Å². The number of methoxy groups -OCH3 is 1. The number of benzene rings is 1. The monoisotopic (exact) mass is 334 g/mol. The maximum absolute atomic E-state index is 12.4. The number of carbonyl (C=O) groups excluding carboxylic acids is 1. The Balaban J connectivity index is 3.17. The van der Waals surface area contributed by atoms with Gasteiger partial charge in [0.1, 0.15) is 0 Å². The van der Waals surface area contributed by atoms with Crippen LogP contribution in [0.4, 0.5) is 0 Å². The van der Waals surface area contributed by atoms with Crippen LogP contribution >= 0.6 is 0 Å². The zero-order chi connectivity index (χ0) is 16.4. The fraction of sp³-hybridized carbons (Fsp3) is 0.462. The van der Waals surface area contributed by atoms with Crippen LogP contribution in [0, 0.1) is 5.92 Å². The molecule has 0 N–H and O–H groups in total. The number of sulfone groups is 2. The summed E-state index contributed by atoms with van der Waals surface area (Å²) in [4.78, 5) is 11.5. The van der Waals surface area contributed by atoms with E-state index in [-0.39, 0.29) is 9.79 Å². The zero-order valence-electron chi connectivity index (χ0n) is 12.2. The number of rotatable bonds is 5. The predicted molar refractivity (Wildman–Crippen MR) is 77.4 cm³/mol. The Morgan fingerprint density at radius 2 is 1.43 bits per heavy atom. The molecule has 0 bridgehead atoms. The van der Waals surface area contributed by atoms with Gasteiger partial charge in [0.15, 0.2) is 19.7 Å². The van der Waals surface area contributed by atoms with E-state index in [4.69, 9.17) is 0 Å². The van der Waals surface area contributed by atoms with Crippen molar-refractivity contribution in [2.75, 3.05) is 13.4 Å². The summed E-state index contributed by atoms with van der Waals surface area (Å²) in [5, 5.41) is -0.978. The van der Waals surface area contributed by atoms with Gasteiger partial charge < -0.3 is 4.74 Å². The third-order valence-electron chi connectivity index (χ3n) is 3.35. The van der Waals surface area contributed by atoms with Crippen LogP contribution in [0.2, 0.25) is 0 Å². The summed E-state index contributed by atoms with van der Waals surface area (Å²) in [5.41, 5.74) is 0. The standard InChI is InChI=1S/C13H18O6S2/c1-9(13(14)19-3)10(2)21(17,18)12-7-5-11(6-8-12)20(4,15)16/h5-10H,1-4H3. The summed E-state index contributed by atoms with van der Waals surface area (Å²) in [5.74, 6) is -1.44. The van der Waals surface area contributed by atoms with Gasteiger partial charge in [0.2, 0.25) is 0 Å². The molecule has 0 aliphatic heterocycles. The minimum absolute atomic E-state index is 0.0295. The van der Waals surface area contributed by atoms with E-state index in [9.17, 15) is 21.6 Å². The highest BCUT2D eigenvalue weighted by Gasteiger charge is 2.33. The third-order valence-corrected chi connectivity index (χ3v) is 6.79. The highest BCUT2D eigenvalue weighted by Crippen LogP contribution is 2.23. The van der Waals surface area contributed by atoms with E-state index in [1.807, 2.05) is 0 Å². The van der Waals surface area contributed by atoms with E-state index >= 15 is 0 Å². The van der Waals surface area contributed by atoms with E-state index < -0.39 is 36.8 Å². The Hall–Kier alpha value is -1.41. The first-order chi connectivity index (χ1) is 9.51. The molecule has 1 rings (SSSR count). The first-order valence-electron chi connectivity index (χ1n) is 6.13. The normalized spacial score (nSPS) is 15.2. The molecule has 0 aliphatic carbocycles. The molecule has 0 aromatic heterocycles. The van der Waals surface area contributed by atoms with Gasteiger partial charge in [-0.15, -0.1) is 0 Å². The second-order valence-corrected chi connectivity index (χ2v) is 9.13. The van der Waals surface area contributed by atoms with Gasteiger partial charge in [-0.05, 0) is 31.2 Å². The van der Waals surface area contributed by atoms with Crippen molar-refractivity contribution in [3.8, 4) is 0 Å². The zero-order valence-corrected chi connectivity index (χ0v) is 13.9. The average Bonchev–Trinajstić information content (AvgIpc) is 2.43. The van der Waals surface area contributed by atoms with Crippen LogP contribution in [-0.4, -0.2) is 41.4 Å². The minimum Gasteiger partial charge on any atom is -0.469 e. The molecular formula is C13H18O6S2. The van der Waals surface area contributed by atoms with Crippen molar-refractivity contribution in [3.63, 3.8) is 0 Å². The molecule has 118 valence electrons. The second kappa shape index (κ2) is 6.15. The number of hydrogen-bond acceptors (Lipinski definition) is 6. The molecule has 0 saturated carbocycles. The molecule has 0 saturated heterocycles. The molecule has 2 unspecified atom stereocenters. The van der Waals surface area contributed by atoms with Crippen LogP contribution in [0.3, 0.4) is 0 Å². The van der Waals surface area contributed by atoms with Crippen molar-refractivity contribution in [2.24, 2.45) is 5.92 Å². The van der Waals surface area contributed by atoms with Crippen molar-refractivity contribution >= 4 is 25.6 Å². The van der Waals surface area contributed by atoms with Crippen LogP contribution < -0.4 is 0 Å². The van der Waals surface area contributed by atoms with Crippen LogP contribution in [-0.2, 0) is 29.2 Å². The van der Waals surface area contributed by atoms with Gasteiger partial charge in [-0.1, -0.05) is 6.92 Å². The van der Waals surface area contributed by atoms with Crippen molar-refractivity contribution in [1.29, 1.82) is 0 Å². The summed E-state index contributed by atoms with van der Waals surface area (Å²) < 4.78 is 52.0. The Bertz CT molecular complexity index is 716. The lowest BCUT2D eigenvalue weighted by Gasteiger charge is -2.18. The molecule has 1 aromatic rings. The second-order valence-electron chi connectivity index (χ2n) is 4.81. The van der Waals surface area contributed by atoms with Crippen molar-refractivity contribution in [2.45, 2.75) is 28.9 Å². The van der Waals surface area contributed by atoms with Crippen LogP contribution in [0.5, 0.6) is 0 Å². The summed E-state index contributed by atoms with van der Waals surface area (Å²) >= 11 is 0. The molecule has 8 heteroatoms. The Morgan fingerprint density at radius 1 is 1.00 bits per heavy atom. The number of carbonyl (C=O) groups is 1. The van der Waals surface area contributed by atoms with Gasteiger partial charge in [0.05, 0.1) is 28.1 Å². The molecule has 2 atom stereocenters. The van der Waals surface area contributed by atoms with E-state index in [0.29, 0.717) is 0 Å². The van der Waals surface area contributed by atoms with Crippen LogP contribution in [0.25, 0.3) is 0 Å². The average molecular weight is 334 g/mol. The number of esters is 1. The summed E-state index contributed by atoms with van der Waals surface area (Å²) in [6.45, 7) is 2.89. The minimum atomic E-state index is -3.75. The SMILES string of the molecule is COC(=O)C(C)C(C)S(=O)(=O)c1ccc(S(C)(=O)=O)cc1. The molecule has 6 nitrogen and oxygen atoms in total. The summed E-state index contributed by atoms with van der Waals surface area (Å²) in [7, 11) is -5.95. The lowest BCUT2D eigenvalue weighted by molar-refractivity contribution is -0.144. The van der Waals surface area contributed by atoms with Gasteiger partial charge in [-0.3, -0.25) is 4.79 Å². The van der Waals surface area contributed by atoms with Gasteiger partial charge >= 0.3 is 5.97 Å². The van der Waals surface area contributed by atoms with Gasteiger partial charge in [0, 0.05) is 6.26 Å². The lowest BCUT2D eigenvalue weighted by Crippen LogP contribution is -2.31. The molecule has 0 spiro atoms. The smallest absolute Gasteiger partial charge is 0.309 e. The molecule has 21 heavy (non-hydrogen) atoms. The third kappa shape index (κ3) is 3.82. The molecule has 0 aliphatic rings. The van der Waals surface area contributed by atoms with Crippen molar-refractivity contribution < 1.29 is 26.4 Å². The highest BCUT2D eigenvalue weighted by atomic mass is 32.2. The first kappa shape index (κ1) is 17.6. The molecule has 0 amide bonds. The maximum Gasteiger partial charge on any atom is 0.309 e. The van der Waals surface area contributed by atoms with Crippen molar-refractivity contribution in [1.82, 2.24) is 0 Å². The van der Waals surface area contributed by atoms with Crippen LogP contribution in [0.15, 0.2) is 34.1 Å². The van der Waals surface area contributed by atoms with E-state index in [1.54, 1.807) is 0 Å². The Kier molecular flexibility index (Phi) is 5.16. The number of hydrogen-bond donors (Lipinski definition) is 0. The van der Waals surface area contributed by atoms with Gasteiger partial charge in [-0.25, -0.2) is 16.8 Å². The highest BCUT2D eigenvalue weighted by molar-refractivity contribution is 7.92. The molecule has 1 aromatic carbocycles. The van der Waals surface area contributed by atoms with Crippen LogP contribution in [0.1, 0.15) is 13.8 Å². The van der Waals surface area contributed by atoms with Gasteiger partial charge in [-0.2, -0.15) is 0 Å². The molecular weight excluding hydrogens is 316 g/mol. The number of ether oxygens (including phenoxy) is 1. The van der Waals surface area contributed by atoms with Crippen molar-refractivity contribution in [3.05, 3.63) is 24.3 Å². The fourth-order valence-corrected chi connectivity index (χ4v) is 3.96. The predicted octanol–water partition coefficient (Wildman–Crippen LogP) is 1.06. The molecule has 0 heterocycles. The van der Waals surface area contributed by atoms with E-state index in [0.717, 1.165) is 6.26 Å². The Morgan fingerprint density at radius 3 is 1.81 bits per heavy atom. The van der Waals surface area contributed by atoms with E-state index in [1.165, 1.54) is 45.2 Å². The van der Waals surface area contributed by atoms with Gasteiger partial charge in [0.25, 0.3) is 0 Å². The summed E-state index contributed by atoms with van der Waals surface area (Å²) in [6, 6.07) is 4.92.